The largest absolute Gasteiger partial charge is 0.393 e. The lowest BCUT2D eigenvalue weighted by Gasteiger charge is -2.41. The van der Waals surface area contributed by atoms with Crippen LogP contribution >= 0.6 is 0 Å². The Morgan fingerprint density at radius 3 is 2.48 bits per heavy atom. The van der Waals surface area contributed by atoms with Crippen molar-refractivity contribution in [1.29, 1.82) is 5.26 Å². The molecule has 7 nitrogen and oxygen atoms in total. The number of pyridine rings is 1. The van der Waals surface area contributed by atoms with Crippen LogP contribution in [-0.2, 0) is 0 Å². The van der Waals surface area contributed by atoms with Gasteiger partial charge in [-0.2, -0.15) is 5.26 Å². The number of nitrogens with one attached hydrogen (secondary N) is 1. The highest BCUT2D eigenvalue weighted by atomic mass is 16.3. The van der Waals surface area contributed by atoms with Crippen LogP contribution in [0.3, 0.4) is 0 Å². The van der Waals surface area contributed by atoms with Crippen LogP contribution < -0.4 is 5.56 Å². The summed E-state index contributed by atoms with van der Waals surface area (Å²) in [6.07, 6.45) is 4.72. The number of hydrogen-bond donors (Lipinski definition) is 2. The maximum Gasteiger partial charge on any atom is 0.266 e. The molecule has 25 heavy (non-hydrogen) atoms. The van der Waals surface area contributed by atoms with E-state index in [1.54, 1.807) is 11.8 Å². The van der Waals surface area contributed by atoms with Crippen LogP contribution in [-0.4, -0.2) is 64.1 Å². The molecule has 134 valence electrons. The van der Waals surface area contributed by atoms with E-state index in [4.69, 9.17) is 5.26 Å². The van der Waals surface area contributed by atoms with Gasteiger partial charge in [0.2, 0.25) is 0 Å². The molecule has 0 unspecified atom stereocenters. The summed E-state index contributed by atoms with van der Waals surface area (Å²) in [5.74, 6) is -0.127. The van der Waals surface area contributed by atoms with Gasteiger partial charge in [-0.05, 0) is 38.2 Å². The van der Waals surface area contributed by atoms with Crippen LogP contribution in [0.15, 0.2) is 11.0 Å². The second kappa shape index (κ2) is 7.38. The predicted molar refractivity (Wildman–Crippen MR) is 92.3 cm³/mol. The molecule has 1 aromatic heterocycles. The summed E-state index contributed by atoms with van der Waals surface area (Å²) >= 11 is 0. The third-order valence-electron chi connectivity index (χ3n) is 5.46. The van der Waals surface area contributed by atoms with Gasteiger partial charge < -0.3 is 19.9 Å². The molecule has 0 spiro atoms. The highest BCUT2D eigenvalue weighted by Gasteiger charge is 2.30. The van der Waals surface area contributed by atoms with E-state index in [1.807, 2.05) is 6.07 Å². The minimum atomic E-state index is -0.456. The Kier molecular flexibility index (Phi) is 5.21. The Morgan fingerprint density at radius 1 is 1.24 bits per heavy atom. The molecule has 2 N–H and O–H groups in total. The molecule has 1 amide bonds. The highest BCUT2D eigenvalue weighted by Crippen LogP contribution is 2.22. The number of rotatable bonds is 2. The van der Waals surface area contributed by atoms with Crippen molar-refractivity contribution in [2.24, 2.45) is 0 Å². The zero-order chi connectivity index (χ0) is 18.0. The molecule has 2 saturated heterocycles. The van der Waals surface area contributed by atoms with Crippen molar-refractivity contribution in [3.63, 3.8) is 0 Å². The molecule has 2 aliphatic heterocycles. The smallest absolute Gasteiger partial charge is 0.266 e. The molecule has 0 atom stereocenters. The van der Waals surface area contributed by atoms with Crippen LogP contribution in [0, 0.1) is 18.3 Å². The summed E-state index contributed by atoms with van der Waals surface area (Å²) in [6, 6.07) is 2.33. The van der Waals surface area contributed by atoms with E-state index in [-0.39, 0.29) is 17.6 Å². The van der Waals surface area contributed by atoms with Gasteiger partial charge in [0.05, 0.1) is 11.7 Å². The van der Waals surface area contributed by atoms with Crippen LogP contribution in [0.2, 0.25) is 0 Å². The monoisotopic (exact) mass is 344 g/mol. The average Bonchev–Trinajstić information content (AvgIpc) is 2.62. The molecular formula is C18H24N4O3. The number of aliphatic hydroxyl groups is 1. The second-order valence-corrected chi connectivity index (χ2v) is 6.93. The molecule has 0 aliphatic carbocycles. The van der Waals surface area contributed by atoms with Gasteiger partial charge in [-0.15, -0.1) is 0 Å². The van der Waals surface area contributed by atoms with Crippen LogP contribution in [0.25, 0.3) is 0 Å². The first-order chi connectivity index (χ1) is 12.0. The van der Waals surface area contributed by atoms with Crippen molar-refractivity contribution in [1.82, 2.24) is 14.8 Å². The van der Waals surface area contributed by atoms with Gasteiger partial charge in [0, 0.05) is 38.4 Å². The molecule has 2 aliphatic rings. The Bertz CT molecular complexity index is 736. The third kappa shape index (κ3) is 3.60. The Balaban J connectivity index is 1.64. The van der Waals surface area contributed by atoms with Gasteiger partial charge in [-0.3, -0.25) is 9.59 Å². The fraction of sp³-hybridized carbons (Fsp3) is 0.611. The number of aromatic amines is 1. The van der Waals surface area contributed by atoms with Gasteiger partial charge in [0.25, 0.3) is 11.5 Å². The molecule has 0 radical (unpaired) electrons. The fourth-order valence-corrected chi connectivity index (χ4v) is 3.84. The summed E-state index contributed by atoms with van der Waals surface area (Å²) in [5.41, 5.74) is 0.397. The maximum atomic E-state index is 12.8. The van der Waals surface area contributed by atoms with E-state index >= 15 is 0 Å². The quantitative estimate of drug-likeness (QED) is 0.819. The average molecular weight is 344 g/mol. The number of piperidine rings is 2. The van der Waals surface area contributed by atoms with Gasteiger partial charge in [-0.25, -0.2) is 0 Å². The van der Waals surface area contributed by atoms with Gasteiger partial charge in [0.1, 0.15) is 11.6 Å². The number of hydrogen-bond acceptors (Lipinski definition) is 5. The molecule has 3 heterocycles. The number of H-pyrrole nitrogens is 1. The number of nitriles is 1. The van der Waals surface area contributed by atoms with E-state index in [2.05, 4.69) is 9.88 Å². The number of nitrogens with zero attached hydrogens (tertiary/aromatic N) is 3. The highest BCUT2D eigenvalue weighted by molar-refractivity contribution is 5.95. The van der Waals surface area contributed by atoms with Crippen LogP contribution in [0.1, 0.15) is 47.2 Å². The number of carbonyl (C=O) groups excluding carboxylic acids is 1. The fourth-order valence-electron chi connectivity index (χ4n) is 3.84. The summed E-state index contributed by atoms with van der Waals surface area (Å²) in [7, 11) is 0. The molecular weight excluding hydrogens is 320 g/mol. The van der Waals surface area contributed by atoms with Crippen molar-refractivity contribution in [3.05, 3.63) is 33.2 Å². The predicted octanol–water partition coefficient (Wildman–Crippen LogP) is 0.616. The van der Waals surface area contributed by atoms with E-state index in [0.29, 0.717) is 30.3 Å². The summed E-state index contributed by atoms with van der Waals surface area (Å²) in [6.45, 7) is 4.83. The van der Waals surface area contributed by atoms with E-state index in [9.17, 15) is 14.7 Å². The standard InChI is InChI=1S/C18H24N4O3/c1-12-15(10-19)17(24)20-11-16(12)18(25)22-6-2-13(3-7-22)21-8-4-14(23)5-9-21/h11,13-14,23H,2-9H2,1H3,(H,20,24). The molecule has 0 bridgehead atoms. The van der Waals surface area contributed by atoms with E-state index < -0.39 is 5.56 Å². The lowest BCUT2D eigenvalue weighted by molar-refractivity contribution is 0.0356. The van der Waals surface area contributed by atoms with Crippen LogP contribution in [0.4, 0.5) is 0 Å². The second-order valence-electron chi connectivity index (χ2n) is 6.93. The lowest BCUT2D eigenvalue weighted by atomic mass is 9.98. The first-order valence-electron chi connectivity index (χ1n) is 8.85. The van der Waals surface area contributed by atoms with Crippen molar-refractivity contribution in [2.45, 2.75) is 44.8 Å². The van der Waals surface area contributed by atoms with E-state index in [1.165, 1.54) is 6.20 Å². The van der Waals surface area contributed by atoms with Crippen molar-refractivity contribution >= 4 is 5.91 Å². The first kappa shape index (κ1) is 17.6. The Labute approximate surface area is 146 Å². The van der Waals surface area contributed by atoms with Crippen molar-refractivity contribution in [2.75, 3.05) is 26.2 Å². The summed E-state index contributed by atoms with van der Waals surface area (Å²) < 4.78 is 0. The lowest BCUT2D eigenvalue weighted by Crippen LogP contribution is -2.49. The number of aromatic nitrogens is 1. The van der Waals surface area contributed by atoms with Crippen molar-refractivity contribution < 1.29 is 9.90 Å². The summed E-state index contributed by atoms with van der Waals surface area (Å²) in [4.78, 5) is 31.1. The molecule has 1 aromatic rings. The number of likely N-dealkylation sites (tertiary alicyclic amines) is 2. The minimum Gasteiger partial charge on any atom is -0.393 e. The molecule has 0 aromatic carbocycles. The minimum absolute atomic E-state index is 0.00705. The van der Waals surface area contributed by atoms with Gasteiger partial charge in [0.15, 0.2) is 0 Å². The zero-order valence-electron chi connectivity index (χ0n) is 14.5. The van der Waals surface area contributed by atoms with Gasteiger partial charge >= 0.3 is 0 Å². The topological polar surface area (TPSA) is 100 Å². The Hall–Kier alpha value is -2.17. The normalized spacial score (nSPS) is 20.4. The van der Waals surface area contributed by atoms with Gasteiger partial charge in [-0.1, -0.05) is 0 Å². The molecule has 0 saturated carbocycles. The maximum absolute atomic E-state index is 12.8. The first-order valence-corrected chi connectivity index (χ1v) is 8.85. The van der Waals surface area contributed by atoms with Crippen LogP contribution in [0.5, 0.6) is 0 Å². The molecule has 2 fully saturated rings. The molecule has 3 rings (SSSR count). The number of carbonyl (C=O) groups is 1. The zero-order valence-corrected chi connectivity index (χ0v) is 14.5. The summed E-state index contributed by atoms with van der Waals surface area (Å²) in [5, 5.41) is 18.7. The van der Waals surface area contributed by atoms with E-state index in [0.717, 1.165) is 38.8 Å². The number of amides is 1. The Morgan fingerprint density at radius 2 is 1.88 bits per heavy atom. The van der Waals surface area contributed by atoms with Crippen molar-refractivity contribution in [3.8, 4) is 6.07 Å². The molecule has 7 heteroatoms. The number of aliphatic hydroxyl groups excluding tert-OH is 1. The third-order valence-corrected chi connectivity index (χ3v) is 5.46. The SMILES string of the molecule is Cc1c(C(=O)N2CCC(N3CCC(O)CC3)CC2)c[nH]c(=O)c1C#N.